The summed E-state index contributed by atoms with van der Waals surface area (Å²) in [5, 5.41) is 0.741. The first-order valence-corrected chi connectivity index (χ1v) is 8.53. The van der Waals surface area contributed by atoms with Crippen LogP contribution in [-0.4, -0.2) is 31.8 Å². The molecule has 0 saturated carbocycles. The molecule has 0 N–H and O–H groups in total. The fourth-order valence-corrected chi connectivity index (χ4v) is 2.76. The number of benzene rings is 2. The summed E-state index contributed by atoms with van der Waals surface area (Å²) in [5.74, 6) is 1.69. The number of hydrogen-bond acceptors (Lipinski definition) is 6. The predicted molar refractivity (Wildman–Crippen MR) is 102 cm³/mol. The Morgan fingerprint density at radius 2 is 1.70 bits per heavy atom. The minimum atomic E-state index is -0.422. The van der Waals surface area contributed by atoms with E-state index in [1.165, 1.54) is 0 Å². The van der Waals surface area contributed by atoms with Crippen molar-refractivity contribution in [2.24, 2.45) is 0 Å². The van der Waals surface area contributed by atoms with E-state index in [1.807, 2.05) is 13.0 Å². The number of hydrogen-bond donors (Lipinski definition) is 0. The Morgan fingerprint density at radius 3 is 2.41 bits per heavy atom. The zero-order valence-electron chi connectivity index (χ0n) is 15.7. The van der Waals surface area contributed by atoms with Gasteiger partial charge in [0.25, 0.3) is 0 Å². The van der Waals surface area contributed by atoms with Gasteiger partial charge in [0, 0.05) is 17.6 Å². The smallest absolute Gasteiger partial charge is 0.341 e. The highest BCUT2D eigenvalue weighted by Crippen LogP contribution is 2.37. The molecule has 1 heterocycles. The van der Waals surface area contributed by atoms with E-state index in [4.69, 9.17) is 18.9 Å². The maximum Gasteiger partial charge on any atom is 0.341 e. The predicted octanol–water partition coefficient (Wildman–Crippen LogP) is 4.53. The standard InChI is InChI=1S/C21H21NO5/c1-5-26-21(23)15-10-13(2)6-7-17(15)27-18-8-9-22-16-12-20(25-4)19(24-3)11-14(16)18/h6-12H,5H2,1-4H3. The summed E-state index contributed by atoms with van der Waals surface area (Å²) in [5.41, 5.74) is 2.01. The summed E-state index contributed by atoms with van der Waals surface area (Å²) < 4.78 is 21.9. The van der Waals surface area contributed by atoms with Gasteiger partial charge in [-0.1, -0.05) is 11.6 Å². The molecule has 0 atom stereocenters. The molecule has 0 aliphatic heterocycles. The lowest BCUT2D eigenvalue weighted by molar-refractivity contribution is 0.0523. The summed E-state index contributed by atoms with van der Waals surface area (Å²) in [6, 6.07) is 10.7. The molecule has 3 aromatic rings. The van der Waals surface area contributed by atoms with E-state index in [9.17, 15) is 4.79 Å². The highest BCUT2D eigenvalue weighted by molar-refractivity contribution is 5.93. The van der Waals surface area contributed by atoms with Crippen LogP contribution in [0.3, 0.4) is 0 Å². The highest BCUT2D eigenvalue weighted by atomic mass is 16.5. The number of carbonyl (C=O) groups excluding carboxylic acids is 1. The first-order valence-electron chi connectivity index (χ1n) is 8.53. The third-order valence-corrected chi connectivity index (χ3v) is 4.06. The van der Waals surface area contributed by atoms with Gasteiger partial charge >= 0.3 is 5.97 Å². The summed E-state index contributed by atoms with van der Waals surface area (Å²) >= 11 is 0. The van der Waals surface area contributed by atoms with Gasteiger partial charge in [0.1, 0.15) is 17.1 Å². The number of carbonyl (C=O) groups is 1. The maximum atomic E-state index is 12.3. The van der Waals surface area contributed by atoms with Crippen molar-refractivity contribution in [3.05, 3.63) is 53.7 Å². The Hall–Kier alpha value is -3.28. The Kier molecular flexibility index (Phi) is 5.45. The van der Waals surface area contributed by atoms with Gasteiger partial charge in [0.2, 0.25) is 0 Å². The van der Waals surface area contributed by atoms with Crippen LogP contribution >= 0.6 is 0 Å². The van der Waals surface area contributed by atoms with Crippen molar-refractivity contribution in [3.63, 3.8) is 0 Å². The van der Waals surface area contributed by atoms with Gasteiger partial charge in [-0.3, -0.25) is 4.98 Å². The van der Waals surface area contributed by atoms with E-state index >= 15 is 0 Å². The molecule has 2 aromatic carbocycles. The van der Waals surface area contributed by atoms with Crippen LogP contribution in [0.4, 0.5) is 0 Å². The topological polar surface area (TPSA) is 66.9 Å². The Labute approximate surface area is 157 Å². The summed E-state index contributed by atoms with van der Waals surface area (Å²) in [7, 11) is 3.14. The first kappa shape index (κ1) is 18.5. The number of esters is 1. The van der Waals surface area contributed by atoms with E-state index in [0.29, 0.717) is 40.7 Å². The minimum Gasteiger partial charge on any atom is -0.493 e. The molecule has 6 heteroatoms. The maximum absolute atomic E-state index is 12.3. The molecule has 3 rings (SSSR count). The van der Waals surface area contributed by atoms with Crippen molar-refractivity contribution in [3.8, 4) is 23.0 Å². The fourth-order valence-electron chi connectivity index (χ4n) is 2.76. The summed E-state index contributed by atoms with van der Waals surface area (Å²) in [4.78, 5) is 16.7. The van der Waals surface area contributed by atoms with E-state index in [0.717, 1.165) is 10.9 Å². The van der Waals surface area contributed by atoms with Gasteiger partial charge in [-0.05, 0) is 38.1 Å². The zero-order chi connectivity index (χ0) is 19.4. The van der Waals surface area contributed by atoms with Crippen LogP contribution in [-0.2, 0) is 4.74 Å². The second-order valence-corrected chi connectivity index (χ2v) is 5.86. The van der Waals surface area contributed by atoms with Crippen molar-refractivity contribution < 1.29 is 23.7 Å². The molecule has 0 saturated heterocycles. The quantitative estimate of drug-likeness (QED) is 0.596. The molecule has 0 unspecified atom stereocenters. The largest absolute Gasteiger partial charge is 0.493 e. The number of nitrogens with zero attached hydrogens (tertiary/aromatic N) is 1. The van der Waals surface area contributed by atoms with Crippen LogP contribution in [0.15, 0.2) is 42.6 Å². The van der Waals surface area contributed by atoms with Crippen LogP contribution in [0, 0.1) is 6.92 Å². The number of fused-ring (bicyclic) bond motifs is 1. The lowest BCUT2D eigenvalue weighted by Crippen LogP contribution is -2.07. The minimum absolute atomic E-state index is 0.293. The zero-order valence-corrected chi connectivity index (χ0v) is 15.7. The number of ether oxygens (including phenoxy) is 4. The molecule has 140 valence electrons. The second kappa shape index (κ2) is 7.95. The first-order chi connectivity index (χ1) is 13.1. The van der Waals surface area contributed by atoms with Crippen molar-refractivity contribution in [1.29, 1.82) is 0 Å². The lowest BCUT2D eigenvalue weighted by atomic mass is 10.1. The Balaban J connectivity index is 2.08. The third-order valence-electron chi connectivity index (χ3n) is 4.06. The van der Waals surface area contributed by atoms with Gasteiger partial charge < -0.3 is 18.9 Å². The molecular weight excluding hydrogens is 346 g/mol. The number of methoxy groups -OCH3 is 2. The average molecular weight is 367 g/mol. The summed E-state index contributed by atoms with van der Waals surface area (Å²) in [6.07, 6.45) is 1.64. The number of rotatable bonds is 6. The number of aryl methyl sites for hydroxylation is 1. The van der Waals surface area contributed by atoms with E-state index in [-0.39, 0.29) is 0 Å². The van der Waals surface area contributed by atoms with Crippen LogP contribution in [0.5, 0.6) is 23.0 Å². The van der Waals surface area contributed by atoms with Crippen molar-refractivity contribution in [1.82, 2.24) is 4.98 Å². The molecular formula is C21H21NO5. The SMILES string of the molecule is CCOC(=O)c1cc(C)ccc1Oc1ccnc2cc(OC)c(OC)cc12. The molecule has 0 amide bonds. The number of aromatic nitrogens is 1. The number of pyridine rings is 1. The molecule has 0 bridgehead atoms. The van der Waals surface area contributed by atoms with Gasteiger partial charge in [0.05, 0.1) is 26.3 Å². The van der Waals surface area contributed by atoms with Gasteiger partial charge in [-0.25, -0.2) is 4.79 Å². The molecule has 27 heavy (non-hydrogen) atoms. The average Bonchev–Trinajstić information content (AvgIpc) is 2.68. The van der Waals surface area contributed by atoms with Crippen molar-refractivity contribution >= 4 is 16.9 Å². The van der Waals surface area contributed by atoms with Crippen LogP contribution in [0.1, 0.15) is 22.8 Å². The monoisotopic (exact) mass is 367 g/mol. The van der Waals surface area contributed by atoms with Crippen molar-refractivity contribution in [2.75, 3.05) is 20.8 Å². The molecule has 0 fully saturated rings. The normalized spacial score (nSPS) is 10.5. The molecule has 0 spiro atoms. The molecule has 6 nitrogen and oxygen atoms in total. The van der Waals surface area contributed by atoms with Gasteiger partial charge in [0.15, 0.2) is 11.5 Å². The van der Waals surface area contributed by atoms with E-state index in [2.05, 4.69) is 4.98 Å². The van der Waals surface area contributed by atoms with Gasteiger partial charge in [-0.2, -0.15) is 0 Å². The second-order valence-electron chi connectivity index (χ2n) is 5.86. The highest BCUT2D eigenvalue weighted by Gasteiger charge is 2.17. The van der Waals surface area contributed by atoms with Crippen LogP contribution in [0.2, 0.25) is 0 Å². The van der Waals surface area contributed by atoms with Crippen LogP contribution < -0.4 is 14.2 Å². The fraction of sp³-hybridized carbons (Fsp3) is 0.238. The molecule has 0 radical (unpaired) electrons. The van der Waals surface area contributed by atoms with Gasteiger partial charge in [-0.15, -0.1) is 0 Å². The Morgan fingerprint density at radius 1 is 0.963 bits per heavy atom. The lowest BCUT2D eigenvalue weighted by Gasteiger charge is -2.14. The molecule has 1 aromatic heterocycles. The third kappa shape index (κ3) is 3.79. The molecule has 0 aliphatic carbocycles. The summed E-state index contributed by atoms with van der Waals surface area (Å²) in [6.45, 7) is 3.97. The van der Waals surface area contributed by atoms with E-state index in [1.54, 1.807) is 57.7 Å². The molecule has 0 aliphatic rings. The van der Waals surface area contributed by atoms with E-state index < -0.39 is 5.97 Å². The Bertz CT molecular complexity index is 984. The van der Waals surface area contributed by atoms with Crippen LogP contribution in [0.25, 0.3) is 10.9 Å². The van der Waals surface area contributed by atoms with Crippen molar-refractivity contribution in [2.45, 2.75) is 13.8 Å².